The smallest absolute Gasteiger partial charge is 0.350 e. The fourth-order valence-corrected chi connectivity index (χ4v) is 4.22. The zero-order valence-electron chi connectivity index (χ0n) is 19.0. The normalized spacial score (nSPS) is 13.8. The van der Waals surface area contributed by atoms with Gasteiger partial charge >= 0.3 is 5.97 Å². The predicted octanol–water partition coefficient (Wildman–Crippen LogP) is 3.84. The minimum absolute atomic E-state index is 0. The van der Waals surface area contributed by atoms with Crippen LogP contribution in [-0.4, -0.2) is 62.1 Å². The summed E-state index contributed by atoms with van der Waals surface area (Å²) in [6.45, 7) is 11.3. The summed E-state index contributed by atoms with van der Waals surface area (Å²) in [5.41, 5.74) is 0.705. The number of carbonyl (C=O) groups is 1. The number of hydrogen-bond acceptors (Lipinski definition) is 6. The van der Waals surface area contributed by atoms with E-state index >= 15 is 0 Å². The average Bonchev–Trinajstić information content (AvgIpc) is 3.05. The number of thiazole rings is 1. The number of aromatic nitrogens is 1. The lowest BCUT2D eigenvalue weighted by Gasteiger charge is -2.32. The van der Waals surface area contributed by atoms with E-state index in [1.165, 1.54) is 11.3 Å². The van der Waals surface area contributed by atoms with Gasteiger partial charge < -0.3 is 20.3 Å². The maximum absolute atomic E-state index is 12.0. The van der Waals surface area contributed by atoms with E-state index in [1.807, 2.05) is 13.8 Å². The molecule has 1 aromatic rings. The van der Waals surface area contributed by atoms with Crippen LogP contribution in [-0.2, 0) is 4.74 Å². The SMILES string of the molecule is CCOC(=O)c1sc(C(C)NC(=NC)NCC(C(CC)CC)N(C)C)nc1C.I. The standard InChI is InChI=1S/C20H37N5O2S.HI/c1-9-15(10-2)16(25(7)8)12-22-20(21-6)24-14(5)18-23-13(4)17(28-18)19(26)27-11-3;/h14-16H,9-12H2,1-8H3,(H2,21,22,24);1H. The number of hydrogen-bond donors (Lipinski definition) is 2. The highest BCUT2D eigenvalue weighted by atomic mass is 127. The molecule has 0 amide bonds. The molecule has 2 atom stereocenters. The van der Waals surface area contributed by atoms with Gasteiger partial charge in [-0.15, -0.1) is 35.3 Å². The molecule has 2 N–H and O–H groups in total. The van der Waals surface area contributed by atoms with E-state index in [2.05, 4.69) is 53.5 Å². The first-order valence-corrected chi connectivity index (χ1v) is 10.9. The average molecular weight is 540 g/mol. The summed E-state index contributed by atoms with van der Waals surface area (Å²) in [4.78, 5) is 23.8. The zero-order valence-corrected chi connectivity index (χ0v) is 22.2. The Morgan fingerprint density at radius 3 is 2.38 bits per heavy atom. The van der Waals surface area contributed by atoms with Crippen molar-refractivity contribution in [1.29, 1.82) is 0 Å². The minimum Gasteiger partial charge on any atom is -0.462 e. The van der Waals surface area contributed by atoms with E-state index in [9.17, 15) is 4.79 Å². The highest BCUT2D eigenvalue weighted by Gasteiger charge is 2.22. The summed E-state index contributed by atoms with van der Waals surface area (Å²) in [6.07, 6.45) is 2.30. The van der Waals surface area contributed by atoms with Gasteiger partial charge in [0, 0.05) is 19.6 Å². The molecule has 0 spiro atoms. The Morgan fingerprint density at radius 2 is 1.90 bits per heavy atom. The van der Waals surface area contributed by atoms with E-state index in [1.54, 1.807) is 14.0 Å². The van der Waals surface area contributed by atoms with Crippen LogP contribution in [0, 0.1) is 12.8 Å². The van der Waals surface area contributed by atoms with E-state index in [4.69, 9.17) is 4.74 Å². The monoisotopic (exact) mass is 539 g/mol. The Balaban J connectivity index is 0.00000784. The molecule has 0 aliphatic rings. The van der Waals surface area contributed by atoms with Gasteiger partial charge in [-0.05, 0) is 40.8 Å². The molecule has 1 heterocycles. The lowest BCUT2D eigenvalue weighted by atomic mass is 9.93. The molecule has 0 radical (unpaired) electrons. The molecular formula is C20H38IN5O2S. The van der Waals surface area contributed by atoms with Gasteiger partial charge in [0.25, 0.3) is 0 Å². The number of guanidine groups is 1. The number of ether oxygens (including phenoxy) is 1. The fourth-order valence-electron chi connectivity index (χ4n) is 3.25. The molecule has 0 saturated heterocycles. The zero-order chi connectivity index (χ0) is 21.3. The number of likely N-dealkylation sites (N-methyl/N-ethyl adjacent to an activating group) is 1. The van der Waals surface area contributed by atoms with Gasteiger partial charge in [0.15, 0.2) is 5.96 Å². The highest BCUT2D eigenvalue weighted by Crippen LogP contribution is 2.24. The van der Waals surface area contributed by atoms with Gasteiger partial charge in [-0.25, -0.2) is 9.78 Å². The number of esters is 1. The van der Waals surface area contributed by atoms with E-state index in [0.29, 0.717) is 29.1 Å². The van der Waals surface area contributed by atoms with Crippen LogP contribution in [0.25, 0.3) is 0 Å². The van der Waals surface area contributed by atoms with Crippen molar-refractivity contribution in [2.75, 3.05) is 34.3 Å². The van der Waals surface area contributed by atoms with Crippen LogP contribution in [0.3, 0.4) is 0 Å². The second kappa shape index (κ2) is 14.1. The number of rotatable bonds is 10. The third kappa shape index (κ3) is 8.37. The van der Waals surface area contributed by atoms with Gasteiger partial charge in [0.1, 0.15) is 9.88 Å². The van der Waals surface area contributed by atoms with Crippen LogP contribution in [0.2, 0.25) is 0 Å². The van der Waals surface area contributed by atoms with E-state index in [-0.39, 0.29) is 36.0 Å². The van der Waals surface area contributed by atoms with Crippen molar-refractivity contribution in [3.8, 4) is 0 Å². The molecule has 1 aromatic heterocycles. The van der Waals surface area contributed by atoms with Crippen LogP contribution in [0.5, 0.6) is 0 Å². The van der Waals surface area contributed by atoms with E-state index < -0.39 is 0 Å². The van der Waals surface area contributed by atoms with Gasteiger partial charge in [-0.2, -0.15) is 0 Å². The highest BCUT2D eigenvalue weighted by molar-refractivity contribution is 14.0. The first-order chi connectivity index (χ1) is 13.3. The molecular weight excluding hydrogens is 501 g/mol. The van der Waals surface area contributed by atoms with Crippen molar-refractivity contribution in [3.63, 3.8) is 0 Å². The number of nitrogens with zero attached hydrogens (tertiary/aromatic N) is 3. The number of aliphatic imine (C=N–C) groups is 1. The van der Waals surface area contributed by atoms with Crippen molar-refractivity contribution in [2.24, 2.45) is 10.9 Å². The molecule has 9 heteroatoms. The summed E-state index contributed by atoms with van der Waals surface area (Å²) < 4.78 is 5.11. The molecule has 29 heavy (non-hydrogen) atoms. The first kappa shape index (κ1) is 28.1. The largest absolute Gasteiger partial charge is 0.462 e. The molecule has 0 saturated carbocycles. The molecule has 168 valence electrons. The van der Waals surface area contributed by atoms with Crippen LogP contribution in [0.4, 0.5) is 0 Å². The minimum atomic E-state index is -0.308. The third-order valence-electron chi connectivity index (χ3n) is 4.96. The van der Waals surface area contributed by atoms with Crippen LogP contribution in [0.1, 0.15) is 67.0 Å². The van der Waals surface area contributed by atoms with Gasteiger partial charge in [0.2, 0.25) is 0 Å². The van der Waals surface area contributed by atoms with Crippen molar-refractivity contribution in [3.05, 3.63) is 15.6 Å². The van der Waals surface area contributed by atoms with E-state index in [0.717, 1.165) is 30.4 Å². The molecule has 0 aliphatic carbocycles. The lowest BCUT2D eigenvalue weighted by Crippen LogP contribution is -2.48. The Kier molecular flexibility index (Phi) is 13.7. The summed E-state index contributed by atoms with van der Waals surface area (Å²) in [7, 11) is 6.01. The van der Waals surface area contributed by atoms with Gasteiger partial charge in [-0.1, -0.05) is 26.7 Å². The molecule has 0 aromatic carbocycles. The van der Waals surface area contributed by atoms with Crippen LogP contribution < -0.4 is 10.6 Å². The lowest BCUT2D eigenvalue weighted by molar-refractivity contribution is 0.0531. The molecule has 1 rings (SSSR count). The Morgan fingerprint density at radius 1 is 1.28 bits per heavy atom. The number of halogens is 1. The number of aryl methyl sites for hydroxylation is 1. The predicted molar refractivity (Wildman–Crippen MR) is 133 cm³/mol. The summed E-state index contributed by atoms with van der Waals surface area (Å²) in [5, 5.41) is 7.67. The maximum atomic E-state index is 12.0. The van der Waals surface area contributed by atoms with Gasteiger partial charge in [-0.3, -0.25) is 4.99 Å². The number of carbonyl (C=O) groups excluding carboxylic acids is 1. The molecule has 0 fully saturated rings. The van der Waals surface area contributed by atoms with Crippen molar-refractivity contribution < 1.29 is 9.53 Å². The summed E-state index contributed by atoms with van der Waals surface area (Å²) in [6, 6.07) is 0.366. The summed E-state index contributed by atoms with van der Waals surface area (Å²) in [5.74, 6) is 1.06. The Hall–Kier alpha value is -0.940. The number of nitrogens with one attached hydrogen (secondary N) is 2. The fraction of sp³-hybridized carbons (Fsp3) is 0.750. The third-order valence-corrected chi connectivity index (χ3v) is 6.28. The first-order valence-electron chi connectivity index (χ1n) is 10.1. The quantitative estimate of drug-likeness (QED) is 0.204. The molecule has 0 bridgehead atoms. The Labute approximate surface area is 197 Å². The second-order valence-electron chi connectivity index (χ2n) is 7.11. The van der Waals surface area contributed by atoms with Crippen molar-refractivity contribution >= 4 is 47.2 Å². The summed E-state index contributed by atoms with van der Waals surface area (Å²) >= 11 is 1.37. The van der Waals surface area contributed by atoms with Crippen LogP contribution >= 0.6 is 35.3 Å². The maximum Gasteiger partial charge on any atom is 0.350 e. The molecule has 0 aliphatic heterocycles. The molecule has 7 nitrogen and oxygen atoms in total. The van der Waals surface area contributed by atoms with Gasteiger partial charge in [0.05, 0.1) is 18.3 Å². The second-order valence-corrected chi connectivity index (χ2v) is 8.14. The van der Waals surface area contributed by atoms with Crippen LogP contribution in [0.15, 0.2) is 4.99 Å². The topological polar surface area (TPSA) is 78.8 Å². The Bertz CT molecular complexity index is 647. The molecule has 2 unspecified atom stereocenters. The van der Waals surface area contributed by atoms with Crippen molar-refractivity contribution in [1.82, 2.24) is 20.5 Å². The van der Waals surface area contributed by atoms with Crippen molar-refractivity contribution in [2.45, 2.75) is 59.5 Å².